The third-order valence-electron chi connectivity index (χ3n) is 4.18. The Morgan fingerprint density at radius 2 is 2.18 bits per heavy atom. The van der Waals surface area contributed by atoms with Crippen molar-refractivity contribution < 1.29 is 9.00 Å². The second kappa shape index (κ2) is 8.27. The predicted molar refractivity (Wildman–Crippen MR) is 89.1 cm³/mol. The molecule has 22 heavy (non-hydrogen) atoms. The molecule has 1 aliphatic rings. The number of rotatable bonds is 5. The fraction of sp³-hybridized carbons (Fsp3) is 0.625. The molecule has 3 unspecified atom stereocenters. The van der Waals surface area contributed by atoms with E-state index in [4.69, 9.17) is 0 Å². The first-order valence-electron chi connectivity index (χ1n) is 7.94. The highest BCUT2D eigenvalue weighted by Gasteiger charge is 2.30. The zero-order chi connectivity index (χ0) is 15.9. The Kier molecular flexibility index (Phi) is 6.36. The van der Waals surface area contributed by atoms with Gasteiger partial charge in [-0.2, -0.15) is 0 Å². The maximum Gasteiger partial charge on any atom is 0.315 e. The van der Waals surface area contributed by atoms with Gasteiger partial charge in [0.2, 0.25) is 0 Å². The number of urea groups is 1. The summed E-state index contributed by atoms with van der Waals surface area (Å²) in [6.07, 6.45) is 5.76. The summed E-state index contributed by atoms with van der Waals surface area (Å²) in [6, 6.07) is 3.67. The lowest BCUT2D eigenvalue weighted by molar-refractivity contribution is 0.232. The molecule has 0 spiro atoms. The fourth-order valence-electron chi connectivity index (χ4n) is 2.88. The van der Waals surface area contributed by atoms with Crippen molar-refractivity contribution in [3.05, 3.63) is 29.6 Å². The second-order valence-corrected chi connectivity index (χ2v) is 7.64. The molecule has 2 rings (SSSR count). The van der Waals surface area contributed by atoms with E-state index in [0.29, 0.717) is 12.3 Å². The Balaban J connectivity index is 1.87. The number of aryl methyl sites for hydroxylation is 1. The minimum atomic E-state index is -0.858. The molecule has 0 radical (unpaired) electrons. The third kappa shape index (κ3) is 4.53. The van der Waals surface area contributed by atoms with E-state index < -0.39 is 10.8 Å². The zero-order valence-electron chi connectivity index (χ0n) is 13.3. The number of pyridine rings is 1. The van der Waals surface area contributed by atoms with Gasteiger partial charge in [-0.25, -0.2) is 4.79 Å². The smallest absolute Gasteiger partial charge is 0.315 e. The van der Waals surface area contributed by atoms with Crippen LogP contribution in [0.1, 0.15) is 43.9 Å². The highest BCUT2D eigenvalue weighted by molar-refractivity contribution is 7.85. The largest absolute Gasteiger partial charge is 0.334 e. The summed E-state index contributed by atoms with van der Waals surface area (Å²) in [5, 5.41) is 5.94. The summed E-state index contributed by atoms with van der Waals surface area (Å²) >= 11 is 0. The van der Waals surface area contributed by atoms with Crippen LogP contribution in [0, 0.1) is 6.92 Å². The van der Waals surface area contributed by atoms with Crippen molar-refractivity contribution in [3.63, 3.8) is 0 Å². The molecule has 0 bridgehead atoms. The van der Waals surface area contributed by atoms with Gasteiger partial charge in [-0.3, -0.25) is 9.19 Å². The molecule has 2 amide bonds. The van der Waals surface area contributed by atoms with Gasteiger partial charge in [-0.05, 0) is 31.4 Å². The first-order valence-corrected chi connectivity index (χ1v) is 9.32. The Morgan fingerprint density at radius 1 is 1.41 bits per heavy atom. The van der Waals surface area contributed by atoms with Crippen molar-refractivity contribution in [2.75, 3.05) is 5.75 Å². The number of amides is 2. The summed E-state index contributed by atoms with van der Waals surface area (Å²) in [5.74, 6) is 0.650. The zero-order valence-corrected chi connectivity index (χ0v) is 14.1. The van der Waals surface area contributed by atoms with Gasteiger partial charge in [0.1, 0.15) is 0 Å². The summed E-state index contributed by atoms with van der Waals surface area (Å²) in [6.45, 7) is 4.32. The van der Waals surface area contributed by atoms with Crippen molar-refractivity contribution in [2.45, 2.75) is 57.4 Å². The van der Waals surface area contributed by atoms with Crippen LogP contribution in [-0.2, 0) is 17.3 Å². The van der Waals surface area contributed by atoms with Crippen molar-refractivity contribution in [1.82, 2.24) is 15.6 Å². The summed E-state index contributed by atoms with van der Waals surface area (Å²) in [4.78, 5) is 16.4. The Labute approximate surface area is 134 Å². The van der Waals surface area contributed by atoms with Crippen molar-refractivity contribution >= 4 is 16.8 Å². The molecule has 5 nitrogen and oxygen atoms in total. The molecule has 1 aromatic rings. The van der Waals surface area contributed by atoms with Crippen LogP contribution in [0.25, 0.3) is 0 Å². The highest BCUT2D eigenvalue weighted by atomic mass is 32.2. The summed E-state index contributed by atoms with van der Waals surface area (Å²) < 4.78 is 12.1. The molecule has 6 heteroatoms. The first-order chi connectivity index (χ1) is 10.6. The summed E-state index contributed by atoms with van der Waals surface area (Å²) in [7, 11) is -0.858. The van der Waals surface area contributed by atoms with E-state index in [1.807, 2.05) is 26.0 Å². The molecule has 0 aliphatic heterocycles. The summed E-state index contributed by atoms with van der Waals surface area (Å²) in [5.41, 5.74) is 1.93. The Morgan fingerprint density at radius 3 is 2.91 bits per heavy atom. The molecule has 1 heterocycles. The van der Waals surface area contributed by atoms with Gasteiger partial charge < -0.3 is 10.6 Å². The molecule has 1 saturated carbocycles. The lowest BCUT2D eigenvalue weighted by Gasteiger charge is -2.31. The van der Waals surface area contributed by atoms with E-state index >= 15 is 0 Å². The molecule has 122 valence electrons. The van der Waals surface area contributed by atoms with E-state index in [1.54, 1.807) is 6.20 Å². The SMILES string of the molecule is CCS(=O)C1CCCCC1NC(=O)NCc1ncccc1C. The van der Waals surface area contributed by atoms with Crippen molar-refractivity contribution in [2.24, 2.45) is 0 Å². The normalized spacial score (nSPS) is 22.8. The number of nitrogens with zero attached hydrogens (tertiary/aromatic N) is 1. The average molecular weight is 323 g/mol. The molecule has 2 N–H and O–H groups in total. The maximum absolute atomic E-state index is 12.1. The van der Waals surface area contributed by atoms with Crippen LogP contribution in [0.2, 0.25) is 0 Å². The lowest BCUT2D eigenvalue weighted by Crippen LogP contribution is -2.50. The van der Waals surface area contributed by atoms with E-state index in [2.05, 4.69) is 15.6 Å². The van der Waals surface area contributed by atoms with E-state index in [-0.39, 0.29) is 17.3 Å². The van der Waals surface area contributed by atoms with Gasteiger partial charge in [0.25, 0.3) is 0 Å². The number of hydrogen-bond donors (Lipinski definition) is 2. The monoisotopic (exact) mass is 323 g/mol. The predicted octanol–water partition coefficient (Wildman–Crippen LogP) is 2.27. The number of carbonyl (C=O) groups excluding carboxylic acids is 1. The minimum Gasteiger partial charge on any atom is -0.334 e. The van der Waals surface area contributed by atoms with Crippen LogP contribution in [0.5, 0.6) is 0 Å². The fourth-order valence-corrected chi connectivity index (χ4v) is 4.31. The average Bonchev–Trinajstić information content (AvgIpc) is 2.54. The first kappa shape index (κ1) is 16.9. The standard InChI is InChI=1S/C16H25N3O2S/c1-3-22(21)15-9-5-4-8-13(15)19-16(20)18-11-14-12(2)7-6-10-17-14/h6-7,10,13,15H,3-5,8-9,11H2,1-2H3,(H2,18,19,20). The lowest BCUT2D eigenvalue weighted by atomic mass is 9.95. The number of nitrogens with one attached hydrogen (secondary N) is 2. The van der Waals surface area contributed by atoms with Gasteiger partial charge in [0.05, 0.1) is 17.5 Å². The topological polar surface area (TPSA) is 71.1 Å². The quantitative estimate of drug-likeness (QED) is 0.873. The molecule has 3 atom stereocenters. The van der Waals surface area contributed by atoms with Crippen LogP contribution in [0.4, 0.5) is 4.79 Å². The Bertz CT molecular complexity index is 536. The Hall–Kier alpha value is -1.43. The van der Waals surface area contributed by atoms with Crippen LogP contribution >= 0.6 is 0 Å². The van der Waals surface area contributed by atoms with Gasteiger partial charge in [-0.15, -0.1) is 0 Å². The van der Waals surface area contributed by atoms with E-state index in [9.17, 15) is 9.00 Å². The molecule has 1 aromatic heterocycles. The molecular weight excluding hydrogens is 298 g/mol. The van der Waals surface area contributed by atoms with E-state index in [1.165, 1.54) is 0 Å². The van der Waals surface area contributed by atoms with Crippen LogP contribution < -0.4 is 10.6 Å². The van der Waals surface area contributed by atoms with Gasteiger partial charge in [0.15, 0.2) is 0 Å². The van der Waals surface area contributed by atoms with Gasteiger partial charge in [-0.1, -0.05) is 25.8 Å². The van der Waals surface area contributed by atoms with Crippen molar-refractivity contribution in [3.8, 4) is 0 Å². The highest BCUT2D eigenvalue weighted by Crippen LogP contribution is 2.23. The van der Waals surface area contributed by atoms with Crippen LogP contribution in [-0.4, -0.2) is 32.3 Å². The number of aromatic nitrogens is 1. The van der Waals surface area contributed by atoms with Gasteiger partial charge in [0, 0.05) is 28.8 Å². The maximum atomic E-state index is 12.1. The van der Waals surface area contributed by atoms with E-state index in [0.717, 1.165) is 36.9 Å². The third-order valence-corrected chi connectivity index (χ3v) is 5.98. The molecule has 0 saturated heterocycles. The molecule has 0 aromatic carbocycles. The number of carbonyl (C=O) groups is 1. The van der Waals surface area contributed by atoms with Crippen LogP contribution in [0.15, 0.2) is 18.3 Å². The molecule has 1 aliphatic carbocycles. The van der Waals surface area contributed by atoms with Gasteiger partial charge >= 0.3 is 6.03 Å². The van der Waals surface area contributed by atoms with Crippen molar-refractivity contribution in [1.29, 1.82) is 0 Å². The second-order valence-electron chi connectivity index (χ2n) is 5.69. The number of hydrogen-bond acceptors (Lipinski definition) is 3. The minimum absolute atomic E-state index is 0.0133. The van der Waals surface area contributed by atoms with Crippen LogP contribution in [0.3, 0.4) is 0 Å². The molecule has 1 fully saturated rings. The molecular formula is C16H25N3O2S.